The van der Waals surface area contributed by atoms with Crippen molar-refractivity contribution in [2.75, 3.05) is 5.32 Å². The fourth-order valence-electron chi connectivity index (χ4n) is 2.50. The largest absolute Gasteiger partial charge is 0.351 e. The van der Waals surface area contributed by atoms with Gasteiger partial charge in [0.25, 0.3) is 0 Å². The van der Waals surface area contributed by atoms with Crippen LogP contribution in [0.25, 0.3) is 11.3 Å². The van der Waals surface area contributed by atoms with Crippen LogP contribution in [0.1, 0.15) is 25.7 Å². The zero-order valence-corrected chi connectivity index (χ0v) is 10.6. The molecule has 0 atom stereocenters. The molecule has 1 heterocycles. The molecule has 0 bridgehead atoms. The van der Waals surface area contributed by atoms with Gasteiger partial charge in [0.1, 0.15) is 5.82 Å². The Kier molecular flexibility index (Phi) is 3.40. The highest BCUT2D eigenvalue weighted by Crippen LogP contribution is 2.23. The van der Waals surface area contributed by atoms with Gasteiger partial charge < -0.3 is 5.32 Å². The number of aromatic nitrogens is 2. The molecule has 0 aliphatic heterocycles. The summed E-state index contributed by atoms with van der Waals surface area (Å²) in [7, 11) is 0. The maximum absolute atomic E-state index is 13.7. The fraction of sp³-hybridized carbons (Fsp3) is 0.333. The van der Waals surface area contributed by atoms with E-state index in [2.05, 4.69) is 15.3 Å². The Balaban J connectivity index is 1.85. The van der Waals surface area contributed by atoms with E-state index in [4.69, 9.17) is 0 Å². The summed E-state index contributed by atoms with van der Waals surface area (Å²) in [4.78, 5) is 8.62. The summed E-state index contributed by atoms with van der Waals surface area (Å²) in [5.74, 6) is 0.334. The van der Waals surface area contributed by atoms with E-state index >= 15 is 0 Å². The number of rotatable bonds is 3. The molecule has 1 aliphatic carbocycles. The van der Waals surface area contributed by atoms with Crippen LogP contribution in [-0.4, -0.2) is 16.0 Å². The van der Waals surface area contributed by atoms with Crippen LogP contribution in [0.2, 0.25) is 0 Å². The van der Waals surface area contributed by atoms with Gasteiger partial charge >= 0.3 is 0 Å². The van der Waals surface area contributed by atoms with E-state index < -0.39 is 0 Å². The fourth-order valence-corrected chi connectivity index (χ4v) is 2.50. The molecule has 19 heavy (non-hydrogen) atoms. The van der Waals surface area contributed by atoms with Crippen LogP contribution in [0.3, 0.4) is 0 Å². The summed E-state index contributed by atoms with van der Waals surface area (Å²) >= 11 is 0. The molecule has 0 spiro atoms. The Morgan fingerprint density at radius 2 is 1.89 bits per heavy atom. The number of nitrogens with one attached hydrogen (secondary N) is 1. The summed E-state index contributed by atoms with van der Waals surface area (Å²) in [6.45, 7) is 0. The number of halogens is 1. The second kappa shape index (κ2) is 5.34. The Bertz CT molecular complexity index is 565. The van der Waals surface area contributed by atoms with Gasteiger partial charge in [-0.1, -0.05) is 25.0 Å². The van der Waals surface area contributed by atoms with Gasteiger partial charge in [-0.05, 0) is 31.0 Å². The van der Waals surface area contributed by atoms with Crippen molar-refractivity contribution in [3.63, 3.8) is 0 Å². The Morgan fingerprint density at radius 3 is 2.68 bits per heavy atom. The molecule has 2 aromatic rings. The Hall–Kier alpha value is -1.97. The normalized spacial score (nSPS) is 15.6. The van der Waals surface area contributed by atoms with Crippen LogP contribution in [0.5, 0.6) is 0 Å². The quantitative estimate of drug-likeness (QED) is 0.912. The van der Waals surface area contributed by atoms with Gasteiger partial charge in [0.2, 0.25) is 5.95 Å². The minimum Gasteiger partial charge on any atom is -0.351 e. The van der Waals surface area contributed by atoms with E-state index in [1.165, 1.54) is 18.9 Å². The zero-order chi connectivity index (χ0) is 13.1. The summed E-state index contributed by atoms with van der Waals surface area (Å²) in [6, 6.07) is 8.86. The molecule has 4 heteroatoms. The molecular formula is C15H16FN3. The second-order valence-corrected chi connectivity index (χ2v) is 4.87. The van der Waals surface area contributed by atoms with Gasteiger partial charge in [0, 0.05) is 17.8 Å². The standard InChI is InChI=1S/C15H16FN3/c16-13-8-4-3-7-12(13)14-9-10-17-15(19-14)18-11-5-1-2-6-11/h3-4,7-11H,1-2,5-6H2,(H,17,18,19). The van der Waals surface area contributed by atoms with Gasteiger partial charge in [0.05, 0.1) is 5.69 Å². The summed E-state index contributed by atoms with van der Waals surface area (Å²) in [6.07, 6.45) is 6.50. The summed E-state index contributed by atoms with van der Waals surface area (Å²) in [5.41, 5.74) is 1.13. The van der Waals surface area contributed by atoms with E-state index in [0.717, 1.165) is 12.8 Å². The van der Waals surface area contributed by atoms with E-state index in [1.807, 2.05) is 6.07 Å². The topological polar surface area (TPSA) is 37.8 Å². The molecule has 3 rings (SSSR count). The number of hydrogen-bond acceptors (Lipinski definition) is 3. The van der Waals surface area contributed by atoms with Crippen molar-refractivity contribution < 1.29 is 4.39 Å². The van der Waals surface area contributed by atoms with Gasteiger partial charge in [-0.2, -0.15) is 0 Å². The van der Waals surface area contributed by atoms with Crippen LogP contribution in [0.4, 0.5) is 10.3 Å². The minimum atomic E-state index is -0.256. The van der Waals surface area contributed by atoms with Gasteiger partial charge in [0.15, 0.2) is 0 Å². The molecule has 1 aliphatic rings. The van der Waals surface area contributed by atoms with Crippen molar-refractivity contribution >= 4 is 5.95 Å². The molecule has 98 valence electrons. The van der Waals surface area contributed by atoms with Crippen LogP contribution < -0.4 is 5.32 Å². The first-order valence-corrected chi connectivity index (χ1v) is 6.67. The highest BCUT2D eigenvalue weighted by Gasteiger charge is 2.16. The molecule has 0 saturated heterocycles. The highest BCUT2D eigenvalue weighted by atomic mass is 19.1. The van der Waals surface area contributed by atoms with Crippen molar-refractivity contribution in [2.45, 2.75) is 31.7 Å². The molecule has 1 fully saturated rings. The molecule has 1 saturated carbocycles. The minimum absolute atomic E-state index is 0.256. The predicted molar refractivity (Wildman–Crippen MR) is 73.3 cm³/mol. The number of hydrogen-bond donors (Lipinski definition) is 1. The molecule has 3 nitrogen and oxygen atoms in total. The Labute approximate surface area is 111 Å². The van der Waals surface area contributed by atoms with Crippen molar-refractivity contribution in [1.29, 1.82) is 0 Å². The lowest BCUT2D eigenvalue weighted by Crippen LogP contribution is -2.16. The lowest BCUT2D eigenvalue weighted by atomic mass is 10.1. The van der Waals surface area contributed by atoms with Crippen LogP contribution in [0.15, 0.2) is 36.5 Å². The van der Waals surface area contributed by atoms with Crippen LogP contribution >= 0.6 is 0 Å². The van der Waals surface area contributed by atoms with Crippen LogP contribution in [-0.2, 0) is 0 Å². The third-order valence-electron chi connectivity index (χ3n) is 3.49. The van der Waals surface area contributed by atoms with E-state index in [1.54, 1.807) is 24.4 Å². The molecule has 1 N–H and O–H groups in total. The third-order valence-corrected chi connectivity index (χ3v) is 3.49. The summed E-state index contributed by atoms with van der Waals surface area (Å²) < 4.78 is 13.7. The number of benzene rings is 1. The average Bonchev–Trinajstić information content (AvgIpc) is 2.92. The first kappa shape index (κ1) is 12.1. The lowest BCUT2D eigenvalue weighted by Gasteiger charge is -2.12. The smallest absolute Gasteiger partial charge is 0.223 e. The maximum atomic E-state index is 13.7. The van der Waals surface area contributed by atoms with E-state index in [0.29, 0.717) is 23.2 Å². The van der Waals surface area contributed by atoms with E-state index in [-0.39, 0.29) is 5.82 Å². The number of nitrogens with zero attached hydrogens (tertiary/aromatic N) is 2. The van der Waals surface area contributed by atoms with Crippen molar-refractivity contribution in [3.8, 4) is 11.3 Å². The first-order valence-electron chi connectivity index (χ1n) is 6.67. The molecular weight excluding hydrogens is 241 g/mol. The average molecular weight is 257 g/mol. The monoisotopic (exact) mass is 257 g/mol. The molecule has 0 radical (unpaired) electrons. The predicted octanol–water partition coefficient (Wildman–Crippen LogP) is 3.64. The van der Waals surface area contributed by atoms with Gasteiger partial charge in [-0.3, -0.25) is 0 Å². The van der Waals surface area contributed by atoms with Crippen molar-refractivity contribution in [3.05, 3.63) is 42.3 Å². The first-order chi connectivity index (χ1) is 9.33. The molecule has 0 unspecified atom stereocenters. The van der Waals surface area contributed by atoms with Gasteiger partial charge in [-0.15, -0.1) is 0 Å². The second-order valence-electron chi connectivity index (χ2n) is 4.87. The molecule has 0 amide bonds. The molecule has 1 aromatic carbocycles. The van der Waals surface area contributed by atoms with E-state index in [9.17, 15) is 4.39 Å². The summed E-state index contributed by atoms with van der Waals surface area (Å²) in [5, 5.41) is 3.33. The Morgan fingerprint density at radius 1 is 1.11 bits per heavy atom. The molecule has 1 aromatic heterocycles. The van der Waals surface area contributed by atoms with Crippen molar-refractivity contribution in [1.82, 2.24) is 9.97 Å². The van der Waals surface area contributed by atoms with Crippen LogP contribution in [0, 0.1) is 5.82 Å². The van der Waals surface area contributed by atoms with Crippen molar-refractivity contribution in [2.24, 2.45) is 0 Å². The zero-order valence-electron chi connectivity index (χ0n) is 10.6. The lowest BCUT2D eigenvalue weighted by molar-refractivity contribution is 0.630. The SMILES string of the molecule is Fc1ccccc1-c1ccnc(NC2CCCC2)n1. The number of anilines is 1. The maximum Gasteiger partial charge on any atom is 0.223 e. The third kappa shape index (κ3) is 2.72. The highest BCUT2D eigenvalue weighted by molar-refractivity contribution is 5.60. The van der Waals surface area contributed by atoms with Gasteiger partial charge in [-0.25, -0.2) is 14.4 Å².